The Hall–Kier alpha value is -1.89. The van der Waals surface area contributed by atoms with Crippen molar-refractivity contribution in [3.63, 3.8) is 0 Å². The molecular formula is C19H23NO4S. The average Bonchev–Trinajstić information content (AvgIpc) is 3.22. The summed E-state index contributed by atoms with van der Waals surface area (Å²) in [5, 5.41) is -0.712. The second-order valence-electron chi connectivity index (χ2n) is 6.57. The van der Waals surface area contributed by atoms with Crippen LogP contribution in [-0.2, 0) is 14.6 Å². The molecule has 25 heavy (non-hydrogen) atoms. The van der Waals surface area contributed by atoms with Crippen molar-refractivity contribution in [3.8, 4) is 5.75 Å². The first kappa shape index (κ1) is 17.9. The van der Waals surface area contributed by atoms with E-state index in [9.17, 15) is 8.42 Å². The molecule has 0 aromatic heterocycles. The van der Waals surface area contributed by atoms with E-state index < -0.39 is 20.6 Å². The molecule has 2 aromatic rings. The summed E-state index contributed by atoms with van der Waals surface area (Å²) < 4.78 is 36.7. The van der Waals surface area contributed by atoms with Gasteiger partial charge in [-0.05, 0) is 36.8 Å². The van der Waals surface area contributed by atoms with Crippen molar-refractivity contribution in [2.24, 2.45) is 5.73 Å². The molecule has 134 valence electrons. The van der Waals surface area contributed by atoms with Crippen LogP contribution < -0.4 is 10.5 Å². The second-order valence-corrected chi connectivity index (χ2v) is 8.64. The fourth-order valence-electron chi connectivity index (χ4n) is 3.48. The molecule has 0 bridgehead atoms. The van der Waals surface area contributed by atoms with Crippen LogP contribution in [-0.4, -0.2) is 40.0 Å². The fourth-order valence-corrected chi connectivity index (χ4v) is 5.77. The van der Waals surface area contributed by atoms with Crippen molar-refractivity contribution in [3.05, 3.63) is 59.7 Å². The Morgan fingerprint density at radius 2 is 1.64 bits per heavy atom. The molecule has 2 aromatic carbocycles. The van der Waals surface area contributed by atoms with Gasteiger partial charge < -0.3 is 15.2 Å². The van der Waals surface area contributed by atoms with Crippen molar-refractivity contribution in [2.45, 2.75) is 28.5 Å². The number of rotatable bonds is 6. The van der Waals surface area contributed by atoms with Crippen LogP contribution in [0.4, 0.5) is 0 Å². The monoisotopic (exact) mass is 361 g/mol. The Morgan fingerprint density at radius 3 is 2.16 bits per heavy atom. The quantitative estimate of drug-likeness (QED) is 0.854. The normalized spacial score (nSPS) is 25.6. The lowest BCUT2D eigenvalue weighted by Gasteiger charge is -2.11. The summed E-state index contributed by atoms with van der Waals surface area (Å²) in [6.45, 7) is 2.10. The highest BCUT2D eigenvalue weighted by atomic mass is 32.2. The Morgan fingerprint density at radius 1 is 1.04 bits per heavy atom. The van der Waals surface area contributed by atoms with Crippen LogP contribution in [0.2, 0.25) is 0 Å². The van der Waals surface area contributed by atoms with E-state index >= 15 is 0 Å². The smallest absolute Gasteiger partial charge is 0.183 e. The van der Waals surface area contributed by atoms with E-state index in [0.717, 1.165) is 16.9 Å². The number of ether oxygens (including phenoxy) is 2. The standard InChI is InChI=1S/C19H23NO4S/c1-13-4-10-16(11-5-13)25(21,22)18-17(19(18,20)12-23-2)14-6-8-15(24-3)9-7-14/h4-11,17-18H,12,20H2,1-3H3/t17-,18-,19+/m1/s1. The van der Waals surface area contributed by atoms with Crippen molar-refractivity contribution >= 4 is 9.84 Å². The minimum atomic E-state index is -3.56. The molecule has 0 saturated heterocycles. The van der Waals surface area contributed by atoms with Crippen LogP contribution in [0.3, 0.4) is 0 Å². The molecule has 0 unspecified atom stereocenters. The molecule has 3 rings (SSSR count). The summed E-state index contributed by atoms with van der Waals surface area (Å²) in [6.07, 6.45) is 0. The second kappa shape index (κ2) is 6.44. The molecule has 1 aliphatic carbocycles. The molecule has 0 aliphatic heterocycles. The van der Waals surface area contributed by atoms with Gasteiger partial charge in [0, 0.05) is 13.0 Å². The first-order valence-electron chi connectivity index (χ1n) is 8.07. The summed E-state index contributed by atoms with van der Waals surface area (Å²) in [6, 6.07) is 14.2. The lowest BCUT2D eigenvalue weighted by Crippen LogP contribution is -2.35. The highest BCUT2D eigenvalue weighted by Gasteiger charge is 2.69. The summed E-state index contributed by atoms with van der Waals surface area (Å²) in [5.41, 5.74) is 7.42. The molecule has 1 aliphatic rings. The van der Waals surface area contributed by atoms with E-state index in [1.165, 1.54) is 7.11 Å². The predicted molar refractivity (Wildman–Crippen MR) is 96.7 cm³/mol. The highest BCUT2D eigenvalue weighted by molar-refractivity contribution is 7.92. The third-order valence-electron chi connectivity index (χ3n) is 4.86. The molecule has 3 atom stereocenters. The van der Waals surface area contributed by atoms with E-state index in [0.29, 0.717) is 4.90 Å². The maximum atomic E-state index is 13.1. The number of nitrogens with two attached hydrogens (primary N) is 1. The number of aryl methyl sites for hydroxylation is 1. The summed E-state index contributed by atoms with van der Waals surface area (Å²) in [4.78, 5) is 0.296. The van der Waals surface area contributed by atoms with Crippen molar-refractivity contribution in [1.82, 2.24) is 0 Å². The fraction of sp³-hybridized carbons (Fsp3) is 0.368. The number of benzene rings is 2. The molecule has 1 saturated carbocycles. The Labute approximate surface area is 148 Å². The van der Waals surface area contributed by atoms with Crippen LogP contribution in [0, 0.1) is 6.92 Å². The van der Waals surface area contributed by atoms with Gasteiger partial charge in [0.25, 0.3) is 0 Å². The third kappa shape index (κ3) is 3.05. The number of hydrogen-bond donors (Lipinski definition) is 1. The third-order valence-corrected chi connectivity index (χ3v) is 7.16. The lowest BCUT2D eigenvalue weighted by molar-refractivity contribution is 0.171. The van der Waals surface area contributed by atoms with Gasteiger partial charge in [-0.2, -0.15) is 0 Å². The van der Waals surface area contributed by atoms with Gasteiger partial charge in [-0.15, -0.1) is 0 Å². The maximum absolute atomic E-state index is 13.1. The molecule has 0 radical (unpaired) electrons. The SMILES string of the molecule is COC[C@]1(N)[C@H](c2ccc(OC)cc2)[C@H]1S(=O)(=O)c1ccc(C)cc1. The van der Waals surface area contributed by atoms with E-state index in [1.54, 1.807) is 31.4 Å². The first-order chi connectivity index (χ1) is 11.8. The van der Waals surface area contributed by atoms with Crippen LogP contribution in [0.1, 0.15) is 17.0 Å². The molecular weight excluding hydrogens is 338 g/mol. The summed E-state index contributed by atoms with van der Waals surface area (Å²) >= 11 is 0. The summed E-state index contributed by atoms with van der Waals surface area (Å²) in [7, 11) is -0.434. The van der Waals surface area contributed by atoms with Gasteiger partial charge >= 0.3 is 0 Å². The number of sulfone groups is 1. The predicted octanol–water partition coefficient (Wildman–Crippen LogP) is 2.29. The molecule has 0 amide bonds. The zero-order valence-corrected chi connectivity index (χ0v) is 15.4. The van der Waals surface area contributed by atoms with Crippen LogP contribution >= 0.6 is 0 Å². The van der Waals surface area contributed by atoms with Gasteiger partial charge in [0.05, 0.1) is 29.4 Å². The highest BCUT2D eigenvalue weighted by Crippen LogP contribution is 2.55. The van der Waals surface area contributed by atoms with Crippen molar-refractivity contribution in [2.75, 3.05) is 20.8 Å². The molecule has 2 N–H and O–H groups in total. The molecule has 0 spiro atoms. The van der Waals surface area contributed by atoms with Crippen molar-refractivity contribution < 1.29 is 17.9 Å². The molecule has 5 nitrogen and oxygen atoms in total. The van der Waals surface area contributed by atoms with Gasteiger partial charge in [0.1, 0.15) is 5.75 Å². The average molecular weight is 361 g/mol. The summed E-state index contributed by atoms with van der Waals surface area (Å²) in [5.74, 6) is 0.404. The Bertz CT molecular complexity index is 846. The van der Waals surface area contributed by atoms with Crippen LogP contribution in [0.25, 0.3) is 0 Å². The molecule has 1 fully saturated rings. The maximum Gasteiger partial charge on any atom is 0.183 e. The van der Waals surface area contributed by atoms with Gasteiger partial charge in [-0.3, -0.25) is 0 Å². The first-order valence-corrected chi connectivity index (χ1v) is 9.61. The number of methoxy groups -OCH3 is 2. The van der Waals surface area contributed by atoms with Gasteiger partial charge in [-0.25, -0.2) is 8.42 Å². The zero-order valence-electron chi connectivity index (χ0n) is 14.6. The van der Waals surface area contributed by atoms with E-state index in [2.05, 4.69) is 0 Å². The van der Waals surface area contributed by atoms with E-state index in [4.69, 9.17) is 15.2 Å². The van der Waals surface area contributed by atoms with E-state index in [1.807, 2.05) is 31.2 Å². The minimum Gasteiger partial charge on any atom is -0.497 e. The topological polar surface area (TPSA) is 78.6 Å². The van der Waals surface area contributed by atoms with Crippen LogP contribution in [0.15, 0.2) is 53.4 Å². The van der Waals surface area contributed by atoms with E-state index in [-0.39, 0.29) is 12.5 Å². The lowest BCUT2D eigenvalue weighted by atomic mass is 10.1. The Balaban J connectivity index is 1.99. The zero-order chi connectivity index (χ0) is 18.2. The van der Waals surface area contributed by atoms with Gasteiger partial charge in [0.2, 0.25) is 0 Å². The Kier molecular flexibility index (Phi) is 4.62. The van der Waals surface area contributed by atoms with Gasteiger partial charge in [-0.1, -0.05) is 29.8 Å². The van der Waals surface area contributed by atoms with Crippen LogP contribution in [0.5, 0.6) is 5.75 Å². The largest absolute Gasteiger partial charge is 0.497 e. The molecule has 0 heterocycles. The molecule has 6 heteroatoms. The number of hydrogen-bond acceptors (Lipinski definition) is 5. The minimum absolute atomic E-state index is 0.180. The van der Waals surface area contributed by atoms with Gasteiger partial charge in [0.15, 0.2) is 9.84 Å². The van der Waals surface area contributed by atoms with Crippen molar-refractivity contribution in [1.29, 1.82) is 0 Å².